The molecule has 0 bridgehead atoms. The Balaban J connectivity index is 1.91. The van der Waals surface area contributed by atoms with Crippen molar-refractivity contribution in [3.63, 3.8) is 0 Å². The molecule has 2 atom stereocenters. The normalized spacial score (nSPS) is 30.7. The Hall–Kier alpha value is -0.810. The minimum absolute atomic E-state index is 0.0257. The summed E-state index contributed by atoms with van der Waals surface area (Å²) in [6.07, 6.45) is 2.68. The highest BCUT2D eigenvalue weighted by atomic mass is 16.6. The number of hydrogen-bond donors (Lipinski definition) is 2. The molecule has 110 valence electrons. The van der Waals surface area contributed by atoms with E-state index in [0.717, 1.165) is 19.3 Å². The van der Waals surface area contributed by atoms with Gasteiger partial charge >= 0.3 is 6.09 Å². The van der Waals surface area contributed by atoms with Gasteiger partial charge in [-0.05, 0) is 51.9 Å². The van der Waals surface area contributed by atoms with Crippen molar-refractivity contribution in [1.82, 2.24) is 4.90 Å². The fraction of sp³-hybridized carbons (Fsp3) is 0.929. The molecule has 0 aromatic rings. The Morgan fingerprint density at radius 1 is 1.37 bits per heavy atom. The molecule has 5 heteroatoms. The largest absolute Gasteiger partial charge is 0.444 e. The number of carbonyl (C=O) groups excluding carboxylic acids is 1. The lowest BCUT2D eigenvalue weighted by molar-refractivity contribution is 0.00751. The first-order valence-corrected chi connectivity index (χ1v) is 7.13. The molecule has 0 unspecified atom stereocenters. The van der Waals surface area contributed by atoms with Crippen LogP contribution in [0.15, 0.2) is 0 Å². The van der Waals surface area contributed by atoms with Gasteiger partial charge in [0.25, 0.3) is 0 Å². The molecule has 1 heterocycles. The second-order valence-corrected chi connectivity index (χ2v) is 7.03. The number of aliphatic hydroxyl groups is 1. The standard InChI is InChI=1S/C14H26N2O3/c1-13(2,3)19-12(18)16-6-4-14(5-7-16)9-10(17)8-11(14)15/h10-11,17H,4-9,15H2,1-3H3/t10-,11+/m0/s1. The highest BCUT2D eigenvalue weighted by Gasteiger charge is 2.47. The van der Waals surface area contributed by atoms with Crippen LogP contribution < -0.4 is 5.73 Å². The minimum atomic E-state index is -0.452. The number of aliphatic hydroxyl groups excluding tert-OH is 1. The molecule has 1 spiro atoms. The van der Waals surface area contributed by atoms with Gasteiger partial charge in [0.2, 0.25) is 0 Å². The fourth-order valence-electron chi connectivity index (χ4n) is 3.28. The summed E-state index contributed by atoms with van der Waals surface area (Å²) in [5, 5.41) is 9.76. The number of rotatable bonds is 0. The monoisotopic (exact) mass is 270 g/mol. The van der Waals surface area contributed by atoms with Crippen molar-refractivity contribution in [2.75, 3.05) is 13.1 Å². The van der Waals surface area contributed by atoms with Crippen LogP contribution in [0.4, 0.5) is 4.79 Å². The average molecular weight is 270 g/mol. The smallest absolute Gasteiger partial charge is 0.410 e. The van der Waals surface area contributed by atoms with E-state index in [-0.39, 0.29) is 23.7 Å². The number of likely N-dealkylation sites (tertiary alicyclic amines) is 1. The topological polar surface area (TPSA) is 75.8 Å². The van der Waals surface area contributed by atoms with Crippen LogP contribution in [0.25, 0.3) is 0 Å². The maximum atomic E-state index is 12.0. The van der Waals surface area contributed by atoms with Gasteiger partial charge < -0.3 is 20.5 Å². The zero-order valence-corrected chi connectivity index (χ0v) is 12.2. The van der Waals surface area contributed by atoms with E-state index < -0.39 is 5.60 Å². The molecule has 0 aromatic carbocycles. The van der Waals surface area contributed by atoms with E-state index in [9.17, 15) is 9.90 Å². The van der Waals surface area contributed by atoms with Crippen LogP contribution in [0.2, 0.25) is 0 Å². The summed E-state index contributed by atoms with van der Waals surface area (Å²) in [6.45, 7) is 6.98. The number of hydrogen-bond acceptors (Lipinski definition) is 4. The highest BCUT2D eigenvalue weighted by Crippen LogP contribution is 2.45. The predicted molar refractivity (Wildman–Crippen MR) is 72.7 cm³/mol. The van der Waals surface area contributed by atoms with Crippen molar-refractivity contribution in [3.8, 4) is 0 Å². The van der Waals surface area contributed by atoms with Crippen LogP contribution in [0, 0.1) is 5.41 Å². The number of ether oxygens (including phenoxy) is 1. The highest BCUT2D eigenvalue weighted by molar-refractivity contribution is 5.68. The molecular weight excluding hydrogens is 244 g/mol. The lowest BCUT2D eigenvalue weighted by atomic mass is 9.74. The third-order valence-corrected chi connectivity index (χ3v) is 4.37. The van der Waals surface area contributed by atoms with E-state index in [1.165, 1.54) is 0 Å². The summed E-state index contributed by atoms with van der Waals surface area (Å²) in [5.74, 6) is 0. The zero-order chi connectivity index (χ0) is 14.3. The maximum absolute atomic E-state index is 12.0. The molecule has 1 amide bonds. The zero-order valence-electron chi connectivity index (χ0n) is 12.2. The van der Waals surface area contributed by atoms with Gasteiger partial charge in [-0.1, -0.05) is 0 Å². The van der Waals surface area contributed by atoms with Gasteiger partial charge in [0.15, 0.2) is 0 Å². The number of carbonyl (C=O) groups is 1. The van der Waals surface area contributed by atoms with E-state index in [1.54, 1.807) is 4.90 Å². The van der Waals surface area contributed by atoms with Crippen LogP contribution in [0.1, 0.15) is 46.5 Å². The molecule has 0 aromatic heterocycles. The van der Waals surface area contributed by atoms with E-state index >= 15 is 0 Å². The molecule has 2 aliphatic rings. The molecule has 2 rings (SSSR count). The summed E-state index contributed by atoms with van der Waals surface area (Å²) in [7, 11) is 0. The minimum Gasteiger partial charge on any atom is -0.444 e. The molecule has 1 aliphatic heterocycles. The maximum Gasteiger partial charge on any atom is 0.410 e. The molecule has 1 aliphatic carbocycles. The summed E-state index contributed by atoms with van der Waals surface area (Å²) in [6, 6.07) is 0.0586. The third kappa shape index (κ3) is 3.20. The van der Waals surface area contributed by atoms with Gasteiger partial charge in [0.05, 0.1) is 6.10 Å². The second kappa shape index (κ2) is 4.94. The Bertz CT molecular complexity index is 343. The fourth-order valence-corrected chi connectivity index (χ4v) is 3.28. The van der Waals surface area contributed by atoms with Crippen molar-refractivity contribution in [3.05, 3.63) is 0 Å². The summed E-state index contributed by atoms with van der Waals surface area (Å²) < 4.78 is 5.38. The van der Waals surface area contributed by atoms with Gasteiger partial charge in [-0.2, -0.15) is 0 Å². The first kappa shape index (κ1) is 14.6. The molecule has 0 radical (unpaired) electrons. The van der Waals surface area contributed by atoms with Gasteiger partial charge in [0.1, 0.15) is 5.60 Å². The van der Waals surface area contributed by atoms with E-state index in [0.29, 0.717) is 19.5 Å². The molecular formula is C14H26N2O3. The SMILES string of the molecule is CC(C)(C)OC(=O)N1CCC2(CC1)C[C@@H](O)C[C@H]2N. The number of amides is 1. The first-order chi connectivity index (χ1) is 8.72. The van der Waals surface area contributed by atoms with Crippen LogP contribution >= 0.6 is 0 Å². The van der Waals surface area contributed by atoms with Crippen molar-refractivity contribution in [2.24, 2.45) is 11.1 Å². The van der Waals surface area contributed by atoms with E-state index in [1.807, 2.05) is 20.8 Å². The summed E-state index contributed by atoms with van der Waals surface area (Å²) >= 11 is 0. The Labute approximate surface area is 115 Å². The van der Waals surface area contributed by atoms with E-state index in [2.05, 4.69) is 0 Å². The number of nitrogens with two attached hydrogens (primary N) is 1. The van der Waals surface area contributed by atoms with Gasteiger partial charge in [-0.15, -0.1) is 0 Å². The average Bonchev–Trinajstić information content (AvgIpc) is 2.52. The van der Waals surface area contributed by atoms with Crippen molar-refractivity contribution >= 4 is 6.09 Å². The van der Waals surface area contributed by atoms with Crippen LogP contribution in [0.3, 0.4) is 0 Å². The van der Waals surface area contributed by atoms with Crippen molar-refractivity contribution in [2.45, 2.75) is 64.2 Å². The molecule has 2 fully saturated rings. The van der Waals surface area contributed by atoms with Crippen LogP contribution in [-0.2, 0) is 4.74 Å². The number of piperidine rings is 1. The lowest BCUT2D eigenvalue weighted by Crippen LogP contribution is -2.49. The predicted octanol–water partition coefficient (Wildman–Crippen LogP) is 1.49. The quantitative estimate of drug-likeness (QED) is 0.699. The molecule has 1 saturated carbocycles. The van der Waals surface area contributed by atoms with E-state index in [4.69, 9.17) is 10.5 Å². The van der Waals surface area contributed by atoms with Crippen molar-refractivity contribution in [1.29, 1.82) is 0 Å². The molecule has 3 N–H and O–H groups in total. The first-order valence-electron chi connectivity index (χ1n) is 7.13. The van der Waals surface area contributed by atoms with Gasteiger partial charge in [-0.25, -0.2) is 4.79 Å². The molecule has 19 heavy (non-hydrogen) atoms. The summed E-state index contributed by atoms with van der Waals surface area (Å²) in [4.78, 5) is 13.7. The summed E-state index contributed by atoms with van der Waals surface area (Å²) in [5.41, 5.74) is 5.74. The van der Waals surface area contributed by atoms with Crippen molar-refractivity contribution < 1.29 is 14.6 Å². The molecule has 1 saturated heterocycles. The Kier molecular flexibility index (Phi) is 3.80. The van der Waals surface area contributed by atoms with Crippen LogP contribution in [0.5, 0.6) is 0 Å². The van der Waals surface area contributed by atoms with Crippen LogP contribution in [-0.4, -0.2) is 46.9 Å². The molecule has 5 nitrogen and oxygen atoms in total. The van der Waals surface area contributed by atoms with Gasteiger partial charge in [0, 0.05) is 19.1 Å². The van der Waals surface area contributed by atoms with Gasteiger partial charge in [-0.3, -0.25) is 0 Å². The Morgan fingerprint density at radius 2 is 1.95 bits per heavy atom. The third-order valence-electron chi connectivity index (χ3n) is 4.37. The Morgan fingerprint density at radius 3 is 2.37 bits per heavy atom. The second-order valence-electron chi connectivity index (χ2n) is 7.03. The lowest BCUT2D eigenvalue weighted by Gasteiger charge is -2.42. The number of nitrogens with zero attached hydrogens (tertiary/aromatic N) is 1.